The number of hydrogen-bond acceptors (Lipinski definition) is 1. The Morgan fingerprint density at radius 1 is 1.27 bits per heavy atom. The summed E-state index contributed by atoms with van der Waals surface area (Å²) in [5.41, 5.74) is 0.839. The molecule has 11 heavy (non-hydrogen) atoms. The third-order valence-electron chi connectivity index (χ3n) is 3.62. The minimum atomic E-state index is 0.415. The first-order valence-electron chi connectivity index (χ1n) is 4.59. The monoisotopic (exact) mass is 155 g/mol. The van der Waals surface area contributed by atoms with Gasteiger partial charge in [-0.3, -0.25) is 0 Å². The van der Waals surface area contributed by atoms with Gasteiger partial charge in [0, 0.05) is 5.54 Å². The van der Waals surface area contributed by atoms with Gasteiger partial charge in [0.2, 0.25) is 0 Å². The first-order valence-corrected chi connectivity index (χ1v) is 4.59. The van der Waals surface area contributed by atoms with Crippen molar-refractivity contribution in [1.29, 1.82) is 0 Å². The van der Waals surface area contributed by atoms with Gasteiger partial charge in [0.25, 0.3) is 0 Å². The Kier molecular flexibility index (Phi) is 2.04. The second-order valence-corrected chi connectivity index (χ2v) is 5.05. The lowest BCUT2D eigenvalue weighted by Gasteiger charge is -2.44. The van der Waals surface area contributed by atoms with E-state index in [-0.39, 0.29) is 0 Å². The lowest BCUT2D eigenvalue weighted by molar-refractivity contribution is 0.0647. The minimum absolute atomic E-state index is 0.415. The van der Waals surface area contributed by atoms with Gasteiger partial charge in [-0.05, 0) is 38.8 Å². The Balaban J connectivity index is 2.81. The molecule has 0 amide bonds. The minimum Gasteiger partial charge on any atom is -0.300 e. The molecule has 0 aliphatic carbocycles. The van der Waals surface area contributed by atoms with Crippen molar-refractivity contribution in [3.05, 3.63) is 0 Å². The van der Waals surface area contributed by atoms with Crippen LogP contribution in [0.5, 0.6) is 0 Å². The molecule has 0 aromatic carbocycles. The van der Waals surface area contributed by atoms with E-state index in [2.05, 4.69) is 39.6 Å². The zero-order chi connectivity index (χ0) is 8.70. The number of likely N-dealkylation sites (tertiary alicyclic amines) is 1. The fraction of sp³-hybridized carbons (Fsp3) is 1.00. The molecule has 0 radical (unpaired) electrons. The maximum absolute atomic E-state index is 2.51. The highest BCUT2D eigenvalue weighted by Gasteiger charge is 2.43. The number of hydrogen-bond donors (Lipinski definition) is 0. The van der Waals surface area contributed by atoms with Crippen molar-refractivity contribution in [2.75, 3.05) is 13.6 Å². The Morgan fingerprint density at radius 2 is 1.82 bits per heavy atom. The quantitative estimate of drug-likeness (QED) is 0.519. The molecule has 66 valence electrons. The maximum atomic E-state index is 2.51. The highest BCUT2D eigenvalue weighted by Crippen LogP contribution is 2.41. The van der Waals surface area contributed by atoms with Crippen LogP contribution >= 0.6 is 0 Å². The molecule has 1 unspecified atom stereocenters. The molecule has 1 heteroatoms. The van der Waals surface area contributed by atoms with Crippen LogP contribution < -0.4 is 0 Å². The summed E-state index contributed by atoms with van der Waals surface area (Å²) in [5.74, 6) is 0. The summed E-state index contributed by atoms with van der Waals surface area (Å²) in [4.78, 5) is 2.51. The van der Waals surface area contributed by atoms with Crippen LogP contribution in [0.15, 0.2) is 0 Å². The molecule has 1 aliphatic rings. The molecule has 0 spiro atoms. The molecule has 1 rings (SSSR count). The third-order valence-corrected chi connectivity index (χ3v) is 3.62. The summed E-state index contributed by atoms with van der Waals surface area (Å²) in [7, 11) is 2.25. The van der Waals surface area contributed by atoms with Gasteiger partial charge in [0.1, 0.15) is 0 Å². The molecule has 1 fully saturated rings. The van der Waals surface area contributed by atoms with Gasteiger partial charge >= 0.3 is 0 Å². The van der Waals surface area contributed by atoms with Crippen LogP contribution in [0.2, 0.25) is 0 Å². The fourth-order valence-corrected chi connectivity index (χ4v) is 2.05. The van der Waals surface area contributed by atoms with Gasteiger partial charge in [-0.1, -0.05) is 20.8 Å². The molecular weight excluding hydrogens is 134 g/mol. The van der Waals surface area contributed by atoms with Crippen LogP contribution in [-0.4, -0.2) is 24.0 Å². The summed E-state index contributed by atoms with van der Waals surface area (Å²) in [6.45, 7) is 10.7. The van der Waals surface area contributed by atoms with Crippen molar-refractivity contribution in [3.8, 4) is 0 Å². The van der Waals surface area contributed by atoms with Crippen molar-refractivity contribution in [2.45, 2.75) is 46.1 Å². The van der Waals surface area contributed by atoms with Crippen molar-refractivity contribution in [3.63, 3.8) is 0 Å². The largest absolute Gasteiger partial charge is 0.300 e. The lowest BCUT2D eigenvalue weighted by atomic mass is 9.73. The van der Waals surface area contributed by atoms with Crippen molar-refractivity contribution in [2.24, 2.45) is 5.41 Å². The fourth-order valence-electron chi connectivity index (χ4n) is 2.05. The Hall–Kier alpha value is -0.0400. The van der Waals surface area contributed by atoms with Crippen LogP contribution in [-0.2, 0) is 0 Å². The van der Waals surface area contributed by atoms with Crippen LogP contribution in [0.4, 0.5) is 0 Å². The standard InChI is InChI=1S/C10H21N/c1-9(2,3)10(4)7-6-8-11(10)5/h6-8H2,1-5H3. The molecule has 0 aromatic rings. The first-order chi connectivity index (χ1) is 4.88. The Morgan fingerprint density at radius 3 is 2.00 bits per heavy atom. The maximum Gasteiger partial charge on any atom is 0.0227 e. The van der Waals surface area contributed by atoms with E-state index in [1.54, 1.807) is 0 Å². The third kappa shape index (κ3) is 1.31. The van der Waals surface area contributed by atoms with Crippen LogP contribution in [0, 0.1) is 5.41 Å². The van der Waals surface area contributed by atoms with Crippen molar-refractivity contribution in [1.82, 2.24) is 4.90 Å². The molecule has 0 aromatic heterocycles. The van der Waals surface area contributed by atoms with Gasteiger partial charge in [0.15, 0.2) is 0 Å². The molecule has 0 bridgehead atoms. The molecule has 1 nitrogen and oxygen atoms in total. The van der Waals surface area contributed by atoms with Gasteiger partial charge in [-0.15, -0.1) is 0 Å². The second kappa shape index (κ2) is 2.48. The topological polar surface area (TPSA) is 3.24 Å². The van der Waals surface area contributed by atoms with Crippen LogP contribution in [0.1, 0.15) is 40.5 Å². The summed E-state index contributed by atoms with van der Waals surface area (Å²) in [6, 6.07) is 0. The highest BCUT2D eigenvalue weighted by atomic mass is 15.2. The van der Waals surface area contributed by atoms with Gasteiger partial charge in [-0.2, -0.15) is 0 Å². The smallest absolute Gasteiger partial charge is 0.0227 e. The SMILES string of the molecule is CN1CCCC1(C)C(C)(C)C. The van der Waals surface area contributed by atoms with Gasteiger partial charge in [0.05, 0.1) is 0 Å². The average molecular weight is 155 g/mol. The summed E-state index contributed by atoms with van der Waals surface area (Å²) in [5, 5.41) is 0. The van der Waals surface area contributed by atoms with E-state index >= 15 is 0 Å². The average Bonchev–Trinajstić information content (AvgIpc) is 2.12. The van der Waals surface area contributed by atoms with Crippen LogP contribution in [0.25, 0.3) is 0 Å². The summed E-state index contributed by atoms with van der Waals surface area (Å²) in [6.07, 6.45) is 2.72. The summed E-state index contributed by atoms with van der Waals surface area (Å²) >= 11 is 0. The molecule has 1 atom stereocenters. The number of nitrogens with zero attached hydrogens (tertiary/aromatic N) is 1. The summed E-state index contributed by atoms with van der Waals surface area (Å²) < 4.78 is 0. The van der Waals surface area contributed by atoms with E-state index in [1.165, 1.54) is 19.4 Å². The van der Waals surface area contributed by atoms with E-state index in [9.17, 15) is 0 Å². The molecule has 0 N–H and O–H groups in total. The predicted octanol–water partition coefficient (Wildman–Crippen LogP) is 2.52. The predicted molar refractivity (Wildman–Crippen MR) is 49.7 cm³/mol. The normalized spacial score (nSPS) is 34.6. The Bertz CT molecular complexity index is 145. The van der Waals surface area contributed by atoms with E-state index in [0.717, 1.165) is 0 Å². The highest BCUT2D eigenvalue weighted by molar-refractivity contribution is 4.98. The zero-order valence-electron chi connectivity index (χ0n) is 8.57. The van der Waals surface area contributed by atoms with E-state index in [4.69, 9.17) is 0 Å². The van der Waals surface area contributed by atoms with Crippen molar-refractivity contribution >= 4 is 0 Å². The lowest BCUT2D eigenvalue weighted by Crippen LogP contribution is -2.48. The van der Waals surface area contributed by atoms with Crippen molar-refractivity contribution < 1.29 is 0 Å². The molecule has 0 saturated carbocycles. The van der Waals surface area contributed by atoms with Gasteiger partial charge < -0.3 is 4.90 Å². The Labute approximate surface area is 70.8 Å². The molecule has 1 saturated heterocycles. The molecule has 1 heterocycles. The van der Waals surface area contributed by atoms with E-state index in [0.29, 0.717) is 11.0 Å². The van der Waals surface area contributed by atoms with Gasteiger partial charge in [-0.25, -0.2) is 0 Å². The molecule has 1 aliphatic heterocycles. The van der Waals surface area contributed by atoms with Crippen LogP contribution in [0.3, 0.4) is 0 Å². The van der Waals surface area contributed by atoms with E-state index in [1.807, 2.05) is 0 Å². The first kappa shape index (κ1) is 9.05. The zero-order valence-corrected chi connectivity index (χ0v) is 8.57. The number of rotatable bonds is 0. The molecular formula is C10H21N. The second-order valence-electron chi connectivity index (χ2n) is 5.05. The van der Waals surface area contributed by atoms with E-state index < -0.39 is 0 Å².